The molecule has 19 heavy (non-hydrogen) atoms. The van der Waals surface area contributed by atoms with E-state index in [0.717, 1.165) is 24.3 Å². The lowest BCUT2D eigenvalue weighted by molar-refractivity contribution is -0.132. The molecule has 104 valence electrons. The number of benzene rings is 1. The van der Waals surface area contributed by atoms with Crippen LogP contribution in [0.4, 0.5) is 5.69 Å². The summed E-state index contributed by atoms with van der Waals surface area (Å²) in [5, 5.41) is 3.34. The van der Waals surface area contributed by atoms with Gasteiger partial charge in [-0.1, -0.05) is 25.1 Å². The fraction of sp³-hybridized carbons (Fsp3) is 0.533. The fourth-order valence-corrected chi connectivity index (χ4v) is 3.41. The van der Waals surface area contributed by atoms with Gasteiger partial charge in [0, 0.05) is 31.0 Å². The minimum atomic E-state index is -0.0988. The zero-order valence-corrected chi connectivity index (χ0v) is 12.7. The Morgan fingerprint density at radius 2 is 2.26 bits per heavy atom. The van der Waals surface area contributed by atoms with Gasteiger partial charge in [-0.3, -0.25) is 4.79 Å². The van der Waals surface area contributed by atoms with Crippen LogP contribution in [0.1, 0.15) is 18.9 Å². The molecule has 1 aliphatic heterocycles. The van der Waals surface area contributed by atoms with Gasteiger partial charge in [0.25, 0.3) is 0 Å². The molecule has 0 aliphatic carbocycles. The average Bonchev–Trinajstić information content (AvgIpc) is 2.87. The van der Waals surface area contributed by atoms with Crippen molar-refractivity contribution >= 4 is 23.4 Å². The number of anilines is 1. The summed E-state index contributed by atoms with van der Waals surface area (Å²) in [6.45, 7) is 2.14. The molecule has 0 aromatic heterocycles. The van der Waals surface area contributed by atoms with Crippen molar-refractivity contribution in [2.75, 3.05) is 24.4 Å². The second-order valence-electron chi connectivity index (χ2n) is 5.02. The lowest BCUT2D eigenvalue weighted by Crippen LogP contribution is -2.46. The van der Waals surface area contributed by atoms with Gasteiger partial charge in [0.2, 0.25) is 5.91 Å². The summed E-state index contributed by atoms with van der Waals surface area (Å²) in [5.74, 6) is 1.20. The van der Waals surface area contributed by atoms with E-state index in [-0.39, 0.29) is 11.9 Å². The molecule has 2 atom stereocenters. The molecule has 2 rings (SSSR count). The number of thioether (sulfide) groups is 1. The lowest BCUT2D eigenvalue weighted by Gasteiger charge is -2.29. The predicted octanol–water partition coefficient (Wildman–Crippen LogP) is 2.62. The van der Waals surface area contributed by atoms with Gasteiger partial charge in [-0.05, 0) is 24.3 Å². The van der Waals surface area contributed by atoms with Crippen LogP contribution in [0.3, 0.4) is 0 Å². The molecule has 1 aliphatic rings. The molecule has 0 radical (unpaired) electrons. The van der Waals surface area contributed by atoms with E-state index in [9.17, 15) is 4.79 Å². The van der Waals surface area contributed by atoms with E-state index in [1.807, 2.05) is 30.1 Å². The van der Waals surface area contributed by atoms with Crippen LogP contribution in [0.5, 0.6) is 0 Å². The molecule has 3 nitrogen and oxygen atoms in total. The van der Waals surface area contributed by atoms with Crippen molar-refractivity contribution in [2.45, 2.75) is 31.8 Å². The van der Waals surface area contributed by atoms with Crippen molar-refractivity contribution in [3.63, 3.8) is 0 Å². The third-order valence-corrected chi connectivity index (χ3v) is 4.51. The van der Waals surface area contributed by atoms with E-state index in [2.05, 4.69) is 24.6 Å². The third-order valence-electron chi connectivity index (χ3n) is 3.79. The van der Waals surface area contributed by atoms with Crippen molar-refractivity contribution in [1.82, 2.24) is 4.90 Å². The second-order valence-corrected chi connectivity index (χ2v) is 5.94. The Bertz CT molecular complexity index is 425. The number of hydrogen-bond acceptors (Lipinski definition) is 3. The Balaban J connectivity index is 2.02. The minimum Gasteiger partial charge on any atom is -0.373 e. The summed E-state index contributed by atoms with van der Waals surface area (Å²) in [7, 11) is 1.93. The van der Waals surface area contributed by atoms with Crippen LogP contribution in [0.15, 0.2) is 24.3 Å². The number of nitrogens with zero attached hydrogens (tertiary/aromatic N) is 1. The third kappa shape index (κ3) is 3.06. The Morgan fingerprint density at radius 1 is 1.53 bits per heavy atom. The summed E-state index contributed by atoms with van der Waals surface area (Å²) < 4.78 is 0. The number of carbonyl (C=O) groups excluding carboxylic acids is 1. The smallest absolute Gasteiger partial charge is 0.245 e. The van der Waals surface area contributed by atoms with Gasteiger partial charge in [-0.25, -0.2) is 0 Å². The van der Waals surface area contributed by atoms with Crippen LogP contribution in [0.2, 0.25) is 0 Å². The molecule has 0 saturated carbocycles. The average molecular weight is 278 g/mol. The highest BCUT2D eigenvalue weighted by Gasteiger charge is 2.30. The normalized spacial score (nSPS) is 18.6. The lowest BCUT2D eigenvalue weighted by atomic mass is 10.1. The topological polar surface area (TPSA) is 32.3 Å². The summed E-state index contributed by atoms with van der Waals surface area (Å²) >= 11 is 1.80. The molecular weight excluding hydrogens is 256 g/mol. The van der Waals surface area contributed by atoms with Crippen molar-refractivity contribution in [2.24, 2.45) is 0 Å². The first-order valence-corrected chi connectivity index (χ1v) is 8.16. The predicted molar refractivity (Wildman–Crippen MR) is 82.8 cm³/mol. The molecule has 1 aromatic carbocycles. The van der Waals surface area contributed by atoms with E-state index in [0.29, 0.717) is 6.04 Å². The molecule has 0 fully saturated rings. The van der Waals surface area contributed by atoms with Crippen molar-refractivity contribution in [1.29, 1.82) is 0 Å². The van der Waals surface area contributed by atoms with Gasteiger partial charge < -0.3 is 10.2 Å². The number of amides is 1. The van der Waals surface area contributed by atoms with Crippen LogP contribution in [0.25, 0.3) is 0 Å². The molecule has 1 amide bonds. The largest absolute Gasteiger partial charge is 0.373 e. The van der Waals surface area contributed by atoms with E-state index < -0.39 is 0 Å². The van der Waals surface area contributed by atoms with Gasteiger partial charge in [0.15, 0.2) is 0 Å². The summed E-state index contributed by atoms with van der Waals surface area (Å²) in [6, 6.07) is 8.40. The summed E-state index contributed by atoms with van der Waals surface area (Å²) in [4.78, 5) is 14.5. The van der Waals surface area contributed by atoms with Crippen molar-refractivity contribution in [3.05, 3.63) is 29.8 Å². The number of fused-ring (bicyclic) bond motifs is 1. The first-order chi connectivity index (χ1) is 9.17. The summed E-state index contributed by atoms with van der Waals surface area (Å²) in [5.41, 5.74) is 2.35. The van der Waals surface area contributed by atoms with Crippen molar-refractivity contribution < 1.29 is 4.79 Å². The van der Waals surface area contributed by atoms with Crippen LogP contribution in [-0.2, 0) is 11.2 Å². The van der Waals surface area contributed by atoms with Gasteiger partial charge >= 0.3 is 0 Å². The second kappa shape index (κ2) is 6.33. The standard InChI is InChI=1S/C15H22N2OS/c1-4-12(10-19-3)17(2)15(18)14-9-11-7-5-6-8-13(11)16-14/h5-8,12,14,16H,4,9-10H2,1-3H3. The maximum Gasteiger partial charge on any atom is 0.245 e. The highest BCUT2D eigenvalue weighted by atomic mass is 32.2. The Kier molecular flexibility index (Phi) is 4.75. The van der Waals surface area contributed by atoms with E-state index in [1.54, 1.807) is 11.8 Å². The number of rotatable bonds is 5. The van der Waals surface area contributed by atoms with Gasteiger partial charge in [-0.2, -0.15) is 11.8 Å². The molecule has 4 heteroatoms. The Hall–Kier alpha value is -1.16. The van der Waals surface area contributed by atoms with Crippen LogP contribution in [-0.4, -0.2) is 41.9 Å². The molecule has 1 N–H and O–H groups in total. The number of para-hydroxylation sites is 1. The quantitative estimate of drug-likeness (QED) is 0.898. The highest BCUT2D eigenvalue weighted by Crippen LogP contribution is 2.26. The van der Waals surface area contributed by atoms with Crippen LogP contribution in [0, 0.1) is 0 Å². The van der Waals surface area contributed by atoms with E-state index in [4.69, 9.17) is 0 Å². The Morgan fingerprint density at radius 3 is 2.89 bits per heavy atom. The number of likely N-dealkylation sites (N-methyl/N-ethyl adjacent to an activating group) is 1. The van der Waals surface area contributed by atoms with Gasteiger partial charge in [0.05, 0.1) is 0 Å². The molecule has 1 heterocycles. The zero-order valence-electron chi connectivity index (χ0n) is 11.8. The molecule has 2 unspecified atom stereocenters. The molecule has 0 spiro atoms. The molecule has 0 bridgehead atoms. The monoisotopic (exact) mass is 278 g/mol. The van der Waals surface area contributed by atoms with Crippen molar-refractivity contribution in [3.8, 4) is 0 Å². The van der Waals surface area contributed by atoms with Gasteiger partial charge in [-0.15, -0.1) is 0 Å². The van der Waals surface area contributed by atoms with E-state index in [1.165, 1.54) is 5.56 Å². The molecular formula is C15H22N2OS. The highest BCUT2D eigenvalue weighted by molar-refractivity contribution is 7.98. The first kappa shape index (κ1) is 14.3. The minimum absolute atomic E-state index is 0.0988. The number of nitrogens with one attached hydrogen (secondary N) is 1. The van der Waals surface area contributed by atoms with E-state index >= 15 is 0 Å². The maximum absolute atomic E-state index is 12.5. The number of hydrogen-bond donors (Lipinski definition) is 1. The van der Waals surface area contributed by atoms with Crippen LogP contribution >= 0.6 is 11.8 Å². The number of carbonyl (C=O) groups is 1. The first-order valence-electron chi connectivity index (χ1n) is 6.77. The fourth-order valence-electron chi connectivity index (χ4n) is 2.57. The molecule has 0 saturated heterocycles. The SMILES string of the molecule is CCC(CSC)N(C)C(=O)C1Cc2ccccc2N1. The van der Waals surface area contributed by atoms with Gasteiger partial charge in [0.1, 0.15) is 6.04 Å². The Labute approximate surface area is 119 Å². The summed E-state index contributed by atoms with van der Waals surface area (Å²) in [6.07, 6.45) is 3.89. The molecule has 1 aromatic rings. The zero-order chi connectivity index (χ0) is 13.8. The maximum atomic E-state index is 12.5. The van der Waals surface area contributed by atoms with Crippen LogP contribution < -0.4 is 5.32 Å².